The van der Waals surface area contributed by atoms with Crippen molar-refractivity contribution in [2.24, 2.45) is 0 Å². The first-order valence-electron chi connectivity index (χ1n) is 8.99. The topological polar surface area (TPSA) is 65.7 Å². The first kappa shape index (κ1) is 17.3. The van der Waals surface area contributed by atoms with Crippen molar-refractivity contribution in [2.45, 2.75) is 33.1 Å². The van der Waals surface area contributed by atoms with E-state index in [-0.39, 0.29) is 12.4 Å². The van der Waals surface area contributed by atoms with Crippen molar-refractivity contribution in [1.82, 2.24) is 0 Å². The van der Waals surface area contributed by atoms with Crippen LogP contribution in [-0.2, 0) is 4.79 Å². The van der Waals surface area contributed by atoms with Crippen LogP contribution < -0.4 is 15.1 Å². The van der Waals surface area contributed by atoms with Crippen LogP contribution in [-0.4, -0.2) is 12.6 Å². The summed E-state index contributed by atoms with van der Waals surface area (Å²) in [5.41, 5.74) is 3.12. The molecule has 5 nitrogen and oxygen atoms in total. The van der Waals surface area contributed by atoms with E-state index in [0.29, 0.717) is 28.9 Å². The number of rotatable bonds is 3. The predicted octanol–water partition coefficient (Wildman–Crippen LogP) is 4.25. The van der Waals surface area contributed by atoms with Crippen molar-refractivity contribution in [3.8, 4) is 11.5 Å². The summed E-state index contributed by atoms with van der Waals surface area (Å²) in [6.07, 6.45) is 0.0994. The third-order valence-corrected chi connectivity index (χ3v) is 4.87. The van der Waals surface area contributed by atoms with E-state index in [1.165, 1.54) is 0 Å². The zero-order valence-electron chi connectivity index (χ0n) is 15.5. The van der Waals surface area contributed by atoms with E-state index < -0.39 is 11.5 Å². The van der Waals surface area contributed by atoms with Crippen LogP contribution in [0.15, 0.2) is 45.6 Å². The molecule has 3 aromatic rings. The fraction of sp³-hybridized carbons (Fsp3) is 0.273. The van der Waals surface area contributed by atoms with Crippen molar-refractivity contribution in [3.05, 3.63) is 69.1 Å². The van der Waals surface area contributed by atoms with Crippen molar-refractivity contribution in [3.63, 3.8) is 0 Å². The van der Waals surface area contributed by atoms with E-state index in [1.54, 1.807) is 6.07 Å². The van der Waals surface area contributed by atoms with Gasteiger partial charge in [-0.1, -0.05) is 18.2 Å². The molecule has 0 aliphatic carbocycles. The summed E-state index contributed by atoms with van der Waals surface area (Å²) in [4.78, 5) is 25.1. The maximum Gasteiger partial charge on any atom is 0.343 e. The highest BCUT2D eigenvalue weighted by Crippen LogP contribution is 2.42. The Balaban J connectivity index is 1.92. The van der Waals surface area contributed by atoms with Gasteiger partial charge in [0.25, 0.3) is 0 Å². The van der Waals surface area contributed by atoms with Crippen molar-refractivity contribution in [1.29, 1.82) is 0 Å². The molecular weight excluding hydrogens is 344 g/mol. The van der Waals surface area contributed by atoms with Crippen molar-refractivity contribution >= 4 is 16.9 Å². The van der Waals surface area contributed by atoms with Crippen LogP contribution >= 0.6 is 0 Å². The minimum Gasteiger partial charge on any atom is -0.494 e. The smallest absolute Gasteiger partial charge is 0.343 e. The van der Waals surface area contributed by atoms with Gasteiger partial charge in [-0.05, 0) is 55.7 Å². The summed E-state index contributed by atoms with van der Waals surface area (Å²) in [5, 5.41) is 0.680. The quantitative estimate of drug-likeness (QED) is 0.513. The van der Waals surface area contributed by atoms with E-state index in [4.69, 9.17) is 13.9 Å². The Labute approximate surface area is 156 Å². The second kappa shape index (κ2) is 6.58. The van der Waals surface area contributed by atoms with Gasteiger partial charge >= 0.3 is 11.6 Å². The lowest BCUT2D eigenvalue weighted by atomic mass is 9.86. The summed E-state index contributed by atoms with van der Waals surface area (Å²) in [7, 11) is 0. The number of ether oxygens (including phenoxy) is 2. The monoisotopic (exact) mass is 364 g/mol. The molecule has 27 heavy (non-hydrogen) atoms. The molecule has 0 saturated carbocycles. The Hall–Kier alpha value is -3.08. The third kappa shape index (κ3) is 2.99. The lowest BCUT2D eigenvalue weighted by Crippen LogP contribution is -2.27. The summed E-state index contributed by atoms with van der Waals surface area (Å²) in [5.74, 6) is 0.317. The third-order valence-electron chi connectivity index (χ3n) is 4.87. The maximum absolute atomic E-state index is 12.8. The first-order chi connectivity index (χ1) is 13.0. The number of esters is 1. The highest BCUT2D eigenvalue weighted by atomic mass is 16.5. The summed E-state index contributed by atoms with van der Waals surface area (Å²) >= 11 is 0. The standard InChI is InChI=1S/C22H20O5/c1-4-25-15-7-5-14(6-8-15)16-11-18(23)27-21-19-13(3)9-12(2)10-17(19)26-22(24)20(16)21/h5-10,16H,4,11H2,1-3H3. The zero-order valence-corrected chi connectivity index (χ0v) is 15.5. The molecule has 1 unspecified atom stereocenters. The van der Waals surface area contributed by atoms with E-state index >= 15 is 0 Å². The molecule has 0 amide bonds. The van der Waals surface area contributed by atoms with Crippen molar-refractivity contribution < 1.29 is 18.7 Å². The fourth-order valence-corrected chi connectivity index (χ4v) is 3.76. The molecule has 2 aromatic carbocycles. The van der Waals surface area contributed by atoms with Crippen LogP contribution in [0.1, 0.15) is 41.5 Å². The normalized spacial score (nSPS) is 16.1. The molecule has 0 saturated heterocycles. The first-order valence-corrected chi connectivity index (χ1v) is 8.99. The molecule has 1 atom stereocenters. The van der Waals surface area contributed by atoms with Gasteiger partial charge in [-0.2, -0.15) is 0 Å². The zero-order chi connectivity index (χ0) is 19.1. The van der Waals surface area contributed by atoms with Crippen molar-refractivity contribution in [2.75, 3.05) is 6.61 Å². The second-order valence-corrected chi connectivity index (χ2v) is 6.82. The molecule has 0 radical (unpaired) electrons. The summed E-state index contributed by atoms with van der Waals surface area (Å²) in [6, 6.07) is 11.2. The molecule has 5 heteroatoms. The van der Waals surface area contributed by atoms with E-state index in [2.05, 4.69) is 0 Å². The minimum atomic E-state index is -0.464. The van der Waals surface area contributed by atoms with Gasteiger partial charge in [0, 0.05) is 5.92 Å². The Kier molecular flexibility index (Phi) is 4.22. The number of carbonyl (C=O) groups excluding carboxylic acids is 1. The SMILES string of the molecule is CCOc1ccc(C2CC(=O)Oc3c2c(=O)oc2cc(C)cc(C)c32)cc1. The molecule has 4 rings (SSSR count). The van der Waals surface area contributed by atoms with Gasteiger partial charge in [-0.25, -0.2) is 4.79 Å². The van der Waals surface area contributed by atoms with E-state index in [9.17, 15) is 9.59 Å². The van der Waals surface area contributed by atoms with Crippen LogP contribution in [0.25, 0.3) is 11.0 Å². The van der Waals surface area contributed by atoms with Gasteiger partial charge < -0.3 is 13.9 Å². The number of hydrogen-bond acceptors (Lipinski definition) is 5. The second-order valence-electron chi connectivity index (χ2n) is 6.82. The predicted molar refractivity (Wildman–Crippen MR) is 102 cm³/mol. The maximum atomic E-state index is 12.8. The van der Waals surface area contributed by atoms with Crippen LogP contribution in [0.5, 0.6) is 11.5 Å². The summed E-state index contributed by atoms with van der Waals surface area (Å²) in [6.45, 7) is 6.35. The Morgan fingerprint density at radius 1 is 1.11 bits per heavy atom. The highest BCUT2D eigenvalue weighted by molar-refractivity contribution is 5.92. The molecule has 0 fully saturated rings. The van der Waals surface area contributed by atoms with E-state index in [0.717, 1.165) is 22.4 Å². The van der Waals surface area contributed by atoms with Gasteiger partial charge in [0.1, 0.15) is 11.3 Å². The lowest BCUT2D eigenvalue weighted by molar-refractivity contribution is -0.135. The molecule has 1 aromatic heterocycles. The Morgan fingerprint density at radius 3 is 2.56 bits per heavy atom. The van der Waals surface area contributed by atoms with Crippen LogP contribution in [0, 0.1) is 13.8 Å². The van der Waals surface area contributed by atoms with Gasteiger partial charge in [-0.3, -0.25) is 4.79 Å². The summed E-state index contributed by atoms with van der Waals surface area (Å²) < 4.78 is 16.6. The average molecular weight is 364 g/mol. The Bertz CT molecular complexity index is 1090. The fourth-order valence-electron chi connectivity index (χ4n) is 3.76. The van der Waals surface area contributed by atoms with Gasteiger partial charge in [0.05, 0.1) is 24.0 Å². The molecule has 0 spiro atoms. The molecule has 0 bridgehead atoms. The Morgan fingerprint density at radius 2 is 1.85 bits per heavy atom. The van der Waals surface area contributed by atoms with Gasteiger partial charge in [-0.15, -0.1) is 0 Å². The molecular formula is C22H20O5. The van der Waals surface area contributed by atoms with E-state index in [1.807, 2.05) is 51.1 Å². The number of hydrogen-bond donors (Lipinski definition) is 0. The van der Waals surface area contributed by atoms with Crippen LogP contribution in [0.2, 0.25) is 0 Å². The van der Waals surface area contributed by atoms with Crippen LogP contribution in [0.3, 0.4) is 0 Å². The largest absolute Gasteiger partial charge is 0.494 e. The molecule has 1 aliphatic rings. The number of aryl methyl sites for hydroxylation is 2. The molecule has 138 valence electrons. The minimum absolute atomic E-state index is 0.0994. The number of fused-ring (bicyclic) bond motifs is 3. The molecule has 1 aliphatic heterocycles. The molecule has 0 N–H and O–H groups in total. The average Bonchev–Trinajstić information content (AvgIpc) is 2.61. The molecule has 2 heterocycles. The van der Waals surface area contributed by atoms with Crippen LogP contribution in [0.4, 0.5) is 0 Å². The lowest BCUT2D eigenvalue weighted by Gasteiger charge is -2.25. The van der Waals surface area contributed by atoms with Gasteiger partial charge in [0.15, 0.2) is 5.75 Å². The van der Waals surface area contributed by atoms with Gasteiger partial charge in [0.2, 0.25) is 0 Å². The number of benzene rings is 2. The highest BCUT2D eigenvalue weighted by Gasteiger charge is 2.34. The number of carbonyl (C=O) groups is 1.